The number of nitrogens with one attached hydrogen (secondary N) is 2. The number of primary amides is 1. The molecule has 0 saturated heterocycles. The molecule has 0 aliphatic carbocycles. The first-order valence-electron chi connectivity index (χ1n) is 6.11. The number of amides is 3. The van der Waals surface area contributed by atoms with Crippen molar-refractivity contribution in [1.82, 2.24) is 10.6 Å². The van der Waals surface area contributed by atoms with Gasteiger partial charge in [-0.05, 0) is 12.0 Å². The molecule has 0 spiro atoms. The number of nitrogens with two attached hydrogens (primary N) is 1. The first kappa shape index (κ1) is 15.5. The van der Waals surface area contributed by atoms with E-state index in [4.69, 9.17) is 10.8 Å². The normalized spacial score (nSPS) is 11.4. The van der Waals surface area contributed by atoms with Crippen molar-refractivity contribution in [2.75, 3.05) is 6.54 Å². The van der Waals surface area contributed by atoms with E-state index in [0.29, 0.717) is 12.0 Å². The molecular formula is C13H17N3O4. The van der Waals surface area contributed by atoms with Crippen molar-refractivity contribution < 1.29 is 19.5 Å². The Balaban J connectivity index is 2.48. The van der Waals surface area contributed by atoms with Gasteiger partial charge in [0.2, 0.25) is 5.91 Å². The smallest absolute Gasteiger partial charge is 0.330 e. The summed E-state index contributed by atoms with van der Waals surface area (Å²) in [6, 6.07) is 6.65. The lowest BCUT2D eigenvalue weighted by Gasteiger charge is -2.15. The lowest BCUT2D eigenvalue weighted by molar-refractivity contribution is -0.139. The van der Waals surface area contributed by atoms with E-state index in [1.807, 2.05) is 0 Å². The van der Waals surface area contributed by atoms with Crippen LogP contribution in [0.1, 0.15) is 24.4 Å². The fraction of sp³-hybridized carbons (Fsp3) is 0.308. The van der Waals surface area contributed by atoms with Gasteiger partial charge in [0.25, 0.3) is 0 Å². The Labute approximate surface area is 116 Å². The van der Waals surface area contributed by atoms with Crippen molar-refractivity contribution in [2.45, 2.75) is 18.9 Å². The molecule has 108 valence electrons. The van der Waals surface area contributed by atoms with E-state index < -0.39 is 23.9 Å². The Bertz CT molecular complexity index is 476. The lowest BCUT2D eigenvalue weighted by atomic mass is 10.1. The molecule has 7 nitrogen and oxygen atoms in total. The van der Waals surface area contributed by atoms with Gasteiger partial charge in [-0.15, -0.1) is 0 Å². The van der Waals surface area contributed by atoms with Crippen molar-refractivity contribution >= 4 is 17.9 Å². The van der Waals surface area contributed by atoms with Gasteiger partial charge in [0.05, 0.1) is 0 Å². The van der Waals surface area contributed by atoms with Gasteiger partial charge >= 0.3 is 12.0 Å². The molecule has 0 radical (unpaired) electrons. The van der Waals surface area contributed by atoms with Crippen molar-refractivity contribution in [3.8, 4) is 0 Å². The van der Waals surface area contributed by atoms with Crippen LogP contribution in [0.4, 0.5) is 4.79 Å². The average Bonchev–Trinajstić information content (AvgIpc) is 2.41. The molecule has 1 aromatic rings. The van der Waals surface area contributed by atoms with Crippen molar-refractivity contribution in [1.29, 1.82) is 0 Å². The maximum Gasteiger partial charge on any atom is 0.330 e. The quantitative estimate of drug-likeness (QED) is 0.539. The van der Waals surface area contributed by atoms with Crippen LogP contribution in [0.3, 0.4) is 0 Å². The molecule has 5 N–H and O–H groups in total. The Morgan fingerprint density at radius 1 is 1.20 bits per heavy atom. The van der Waals surface area contributed by atoms with Crippen molar-refractivity contribution in [3.05, 3.63) is 35.9 Å². The highest BCUT2D eigenvalue weighted by atomic mass is 16.4. The highest BCUT2D eigenvalue weighted by molar-refractivity contribution is 5.83. The van der Waals surface area contributed by atoms with Crippen LogP contribution >= 0.6 is 0 Å². The number of carbonyl (C=O) groups excluding carboxylic acids is 2. The van der Waals surface area contributed by atoms with Gasteiger partial charge in [-0.3, -0.25) is 4.79 Å². The van der Waals surface area contributed by atoms with Crippen LogP contribution in [-0.2, 0) is 9.59 Å². The second kappa shape index (κ2) is 7.78. The number of benzene rings is 1. The first-order valence-corrected chi connectivity index (χ1v) is 6.11. The minimum absolute atomic E-state index is 0.168. The summed E-state index contributed by atoms with van der Waals surface area (Å²) in [5.41, 5.74) is 5.44. The van der Waals surface area contributed by atoms with Crippen LogP contribution in [0.25, 0.3) is 0 Å². The highest BCUT2D eigenvalue weighted by Crippen LogP contribution is 2.12. The van der Waals surface area contributed by atoms with Crippen LogP contribution in [0.15, 0.2) is 30.3 Å². The van der Waals surface area contributed by atoms with Crippen molar-refractivity contribution in [2.24, 2.45) is 5.73 Å². The number of carboxylic acids is 1. The average molecular weight is 279 g/mol. The second-order valence-electron chi connectivity index (χ2n) is 4.15. The van der Waals surface area contributed by atoms with Crippen molar-refractivity contribution in [3.63, 3.8) is 0 Å². The predicted molar refractivity (Wildman–Crippen MR) is 71.8 cm³/mol. The predicted octanol–water partition coefficient (Wildman–Crippen LogP) is 0.377. The van der Waals surface area contributed by atoms with E-state index in [2.05, 4.69) is 10.6 Å². The van der Waals surface area contributed by atoms with E-state index in [1.54, 1.807) is 30.3 Å². The van der Waals surface area contributed by atoms with Gasteiger partial charge in [0, 0.05) is 13.0 Å². The molecule has 0 fully saturated rings. The van der Waals surface area contributed by atoms with Crippen LogP contribution < -0.4 is 16.4 Å². The molecule has 0 aromatic heterocycles. The summed E-state index contributed by atoms with van der Waals surface area (Å²) >= 11 is 0. The van der Waals surface area contributed by atoms with E-state index >= 15 is 0 Å². The van der Waals surface area contributed by atoms with E-state index in [-0.39, 0.29) is 13.0 Å². The third kappa shape index (κ3) is 5.38. The maximum atomic E-state index is 11.6. The molecule has 1 aromatic carbocycles. The molecule has 20 heavy (non-hydrogen) atoms. The minimum atomic E-state index is -1.15. The van der Waals surface area contributed by atoms with Gasteiger partial charge in [-0.1, -0.05) is 30.3 Å². The monoisotopic (exact) mass is 279 g/mol. The summed E-state index contributed by atoms with van der Waals surface area (Å²) in [6.07, 6.45) is 0.577. The Hall–Kier alpha value is -2.57. The molecule has 7 heteroatoms. The lowest BCUT2D eigenvalue weighted by Crippen LogP contribution is -2.41. The molecule has 0 saturated carbocycles. The molecule has 0 heterocycles. The van der Waals surface area contributed by atoms with E-state index in [0.717, 1.165) is 0 Å². The Morgan fingerprint density at radius 3 is 2.40 bits per heavy atom. The molecule has 3 amide bonds. The van der Waals surface area contributed by atoms with Crippen LogP contribution in [0.5, 0.6) is 0 Å². The largest absolute Gasteiger partial charge is 0.479 e. The summed E-state index contributed by atoms with van der Waals surface area (Å²) in [5, 5.41) is 13.9. The summed E-state index contributed by atoms with van der Waals surface area (Å²) in [4.78, 5) is 33.2. The summed E-state index contributed by atoms with van der Waals surface area (Å²) < 4.78 is 0. The van der Waals surface area contributed by atoms with E-state index in [9.17, 15) is 14.4 Å². The van der Waals surface area contributed by atoms with Crippen LogP contribution in [0, 0.1) is 0 Å². The van der Waals surface area contributed by atoms with Gasteiger partial charge < -0.3 is 21.5 Å². The molecule has 0 aliphatic rings. The minimum Gasteiger partial charge on any atom is -0.479 e. The fourth-order valence-corrected chi connectivity index (χ4v) is 1.58. The second-order valence-corrected chi connectivity index (χ2v) is 4.15. The van der Waals surface area contributed by atoms with E-state index in [1.165, 1.54) is 0 Å². The summed E-state index contributed by atoms with van der Waals surface area (Å²) in [7, 11) is 0. The fourth-order valence-electron chi connectivity index (χ4n) is 1.58. The standard InChI is InChI=1S/C13H17N3O4/c14-10(17)7-4-8-15-13(20)16-11(12(18)19)9-5-2-1-3-6-9/h1-3,5-6,11H,4,7-8H2,(H2,14,17)(H,18,19)(H2,15,16,20)/t11-/m1/s1. The number of hydrogen-bond acceptors (Lipinski definition) is 3. The number of aliphatic carboxylic acids is 1. The first-order chi connectivity index (χ1) is 9.50. The Morgan fingerprint density at radius 2 is 1.85 bits per heavy atom. The zero-order valence-corrected chi connectivity index (χ0v) is 10.8. The van der Waals surface area contributed by atoms with Crippen LogP contribution in [0.2, 0.25) is 0 Å². The number of rotatable bonds is 7. The molecule has 0 aliphatic heterocycles. The maximum absolute atomic E-state index is 11.6. The number of hydrogen-bond donors (Lipinski definition) is 4. The number of carbonyl (C=O) groups is 3. The number of urea groups is 1. The molecular weight excluding hydrogens is 262 g/mol. The topological polar surface area (TPSA) is 122 Å². The zero-order valence-electron chi connectivity index (χ0n) is 10.8. The highest BCUT2D eigenvalue weighted by Gasteiger charge is 2.21. The SMILES string of the molecule is NC(=O)CCCNC(=O)N[C@@H](C(=O)O)c1ccccc1. The van der Waals surface area contributed by atoms with Gasteiger partial charge in [-0.25, -0.2) is 9.59 Å². The number of carboxylic acid groups (broad SMARTS) is 1. The molecule has 1 atom stereocenters. The van der Waals surface area contributed by atoms with Gasteiger partial charge in [-0.2, -0.15) is 0 Å². The third-order valence-corrected chi connectivity index (χ3v) is 2.54. The third-order valence-electron chi connectivity index (χ3n) is 2.54. The van der Waals surface area contributed by atoms with Crippen LogP contribution in [-0.4, -0.2) is 29.6 Å². The zero-order chi connectivity index (χ0) is 15.0. The van der Waals surface area contributed by atoms with Gasteiger partial charge in [0.1, 0.15) is 0 Å². The summed E-state index contributed by atoms with van der Waals surface area (Å²) in [5.74, 6) is -1.59. The molecule has 0 unspecified atom stereocenters. The Kier molecular flexibility index (Phi) is 6.02. The molecule has 1 rings (SSSR count). The van der Waals surface area contributed by atoms with Gasteiger partial charge in [0.15, 0.2) is 6.04 Å². The summed E-state index contributed by atoms with van der Waals surface area (Å²) in [6.45, 7) is 0.246. The molecule has 0 bridgehead atoms.